The van der Waals surface area contributed by atoms with Crippen LogP contribution < -0.4 is 5.73 Å². The van der Waals surface area contributed by atoms with E-state index < -0.39 is 12.0 Å². The Hall–Kier alpha value is -1.26. The first-order chi connectivity index (χ1) is 7.59. The number of thioether (sulfide) groups is 1. The van der Waals surface area contributed by atoms with Crippen molar-refractivity contribution in [2.75, 3.05) is 5.75 Å². The van der Waals surface area contributed by atoms with Crippen LogP contribution in [0.4, 0.5) is 0 Å². The molecule has 0 aliphatic carbocycles. The quantitative estimate of drug-likeness (QED) is 0.793. The maximum absolute atomic E-state index is 10.5. The Balaban J connectivity index is 2.35. The molecular formula is C12H15NO2S. The van der Waals surface area contributed by atoms with Crippen LogP contribution in [0.25, 0.3) is 0 Å². The molecule has 0 aliphatic heterocycles. The highest BCUT2D eigenvalue weighted by Gasteiger charge is 2.11. The van der Waals surface area contributed by atoms with Gasteiger partial charge in [0.2, 0.25) is 0 Å². The molecule has 1 rings (SSSR count). The highest BCUT2D eigenvalue weighted by Crippen LogP contribution is 2.19. The number of carbonyl (C=O) groups is 1. The molecule has 16 heavy (non-hydrogen) atoms. The maximum atomic E-state index is 10.5. The second kappa shape index (κ2) is 6.35. The topological polar surface area (TPSA) is 63.3 Å². The van der Waals surface area contributed by atoms with Gasteiger partial charge in [0.15, 0.2) is 0 Å². The van der Waals surface area contributed by atoms with E-state index in [9.17, 15) is 4.79 Å². The monoisotopic (exact) mass is 237 g/mol. The smallest absolute Gasteiger partial charge is 0.321 e. The van der Waals surface area contributed by atoms with Crippen LogP contribution in [0.1, 0.15) is 5.56 Å². The molecule has 0 saturated heterocycles. The van der Waals surface area contributed by atoms with E-state index in [1.807, 2.05) is 30.3 Å². The molecule has 3 N–H and O–H groups in total. The van der Waals surface area contributed by atoms with Crippen LogP contribution in [0, 0.1) is 0 Å². The third kappa shape index (κ3) is 4.51. The minimum Gasteiger partial charge on any atom is -0.480 e. The molecule has 3 nitrogen and oxygen atoms in total. The summed E-state index contributed by atoms with van der Waals surface area (Å²) in [4.78, 5) is 11.4. The first-order valence-corrected chi connectivity index (χ1v) is 5.91. The van der Waals surface area contributed by atoms with Gasteiger partial charge in [-0.3, -0.25) is 4.79 Å². The summed E-state index contributed by atoms with van der Waals surface area (Å²) in [5, 5.41) is 8.62. The number of hydrogen-bond acceptors (Lipinski definition) is 3. The first-order valence-electron chi connectivity index (χ1n) is 4.92. The zero-order valence-corrected chi connectivity index (χ0v) is 9.74. The molecule has 4 heteroatoms. The minimum absolute atomic E-state index is 0.362. The summed E-state index contributed by atoms with van der Waals surface area (Å²) in [6.45, 7) is 3.90. The third-order valence-corrected chi connectivity index (χ3v) is 3.11. The third-order valence-electron chi connectivity index (χ3n) is 2.03. The summed E-state index contributed by atoms with van der Waals surface area (Å²) >= 11 is 1.41. The summed E-state index contributed by atoms with van der Waals surface area (Å²) < 4.78 is 0. The molecule has 0 heterocycles. The maximum Gasteiger partial charge on any atom is 0.321 e. The largest absolute Gasteiger partial charge is 0.480 e. The number of aliphatic carboxylic acids is 1. The molecule has 1 aromatic rings. The predicted octanol–water partition coefficient (Wildman–Crippen LogP) is 1.89. The van der Waals surface area contributed by atoms with E-state index in [1.165, 1.54) is 17.3 Å². The van der Waals surface area contributed by atoms with E-state index in [2.05, 4.69) is 6.58 Å². The number of carboxylic acid groups (broad SMARTS) is 1. The number of nitrogens with two attached hydrogens (primary N) is 1. The van der Waals surface area contributed by atoms with Crippen molar-refractivity contribution in [1.82, 2.24) is 0 Å². The average molecular weight is 237 g/mol. The molecule has 0 radical (unpaired) electrons. The van der Waals surface area contributed by atoms with Gasteiger partial charge in [0.05, 0.1) is 0 Å². The van der Waals surface area contributed by atoms with Crippen molar-refractivity contribution in [1.29, 1.82) is 0 Å². The molecule has 86 valence electrons. The number of allylic oxidation sites excluding steroid dienone is 1. The molecule has 0 fully saturated rings. The summed E-state index contributed by atoms with van der Waals surface area (Å²) in [5.74, 6) is -0.610. The van der Waals surface area contributed by atoms with Crippen molar-refractivity contribution in [3.05, 3.63) is 47.4 Å². The van der Waals surface area contributed by atoms with E-state index in [0.717, 1.165) is 11.3 Å². The van der Waals surface area contributed by atoms with Crippen molar-refractivity contribution in [3.63, 3.8) is 0 Å². The van der Waals surface area contributed by atoms with Crippen LogP contribution in [0.15, 0.2) is 41.8 Å². The Bertz CT molecular complexity index is 365. The summed E-state index contributed by atoms with van der Waals surface area (Å²) in [7, 11) is 0. The Morgan fingerprint density at radius 3 is 2.62 bits per heavy atom. The lowest BCUT2D eigenvalue weighted by Gasteiger charge is -2.08. The lowest BCUT2D eigenvalue weighted by atomic mass is 10.1. The van der Waals surface area contributed by atoms with Gasteiger partial charge >= 0.3 is 5.97 Å². The lowest BCUT2D eigenvalue weighted by molar-refractivity contribution is -0.137. The highest BCUT2D eigenvalue weighted by molar-refractivity contribution is 8.03. The molecule has 0 bridgehead atoms. The van der Waals surface area contributed by atoms with Crippen molar-refractivity contribution in [2.24, 2.45) is 5.73 Å². The number of benzene rings is 1. The van der Waals surface area contributed by atoms with Gasteiger partial charge in [-0.25, -0.2) is 0 Å². The van der Waals surface area contributed by atoms with Crippen LogP contribution in [0.5, 0.6) is 0 Å². The normalized spacial score (nSPS) is 12.1. The van der Waals surface area contributed by atoms with Gasteiger partial charge in [0, 0.05) is 12.2 Å². The molecule has 1 aromatic carbocycles. The Morgan fingerprint density at radius 2 is 2.06 bits per heavy atom. The lowest BCUT2D eigenvalue weighted by Crippen LogP contribution is -2.32. The zero-order valence-electron chi connectivity index (χ0n) is 8.93. The number of rotatable bonds is 6. The fourth-order valence-electron chi connectivity index (χ4n) is 1.15. The fourth-order valence-corrected chi connectivity index (χ4v) is 1.98. The van der Waals surface area contributed by atoms with E-state index in [4.69, 9.17) is 10.8 Å². The van der Waals surface area contributed by atoms with E-state index in [0.29, 0.717) is 5.75 Å². The van der Waals surface area contributed by atoms with Crippen LogP contribution in [0.3, 0.4) is 0 Å². The predicted molar refractivity (Wildman–Crippen MR) is 67.4 cm³/mol. The minimum atomic E-state index is -0.972. The second-order valence-corrected chi connectivity index (χ2v) is 4.66. The van der Waals surface area contributed by atoms with Gasteiger partial charge in [-0.05, 0) is 10.5 Å². The highest BCUT2D eigenvalue weighted by atomic mass is 32.2. The summed E-state index contributed by atoms with van der Waals surface area (Å²) in [6, 6.07) is 9.11. The second-order valence-electron chi connectivity index (χ2n) is 3.46. The average Bonchev–Trinajstić information content (AvgIpc) is 2.27. The molecule has 1 atom stereocenters. The molecule has 0 aromatic heterocycles. The SMILES string of the molecule is C=C(Cc1ccccc1)SCC(N)C(=O)O. The van der Waals surface area contributed by atoms with Crippen molar-refractivity contribution in [3.8, 4) is 0 Å². The molecule has 0 amide bonds. The van der Waals surface area contributed by atoms with Gasteiger partial charge in [0.1, 0.15) is 6.04 Å². The summed E-state index contributed by atoms with van der Waals surface area (Å²) in [5.41, 5.74) is 6.57. The van der Waals surface area contributed by atoms with E-state index in [1.54, 1.807) is 0 Å². The van der Waals surface area contributed by atoms with E-state index >= 15 is 0 Å². The van der Waals surface area contributed by atoms with Crippen molar-refractivity contribution >= 4 is 17.7 Å². The van der Waals surface area contributed by atoms with Gasteiger partial charge in [0.25, 0.3) is 0 Å². The van der Waals surface area contributed by atoms with E-state index in [-0.39, 0.29) is 0 Å². The van der Waals surface area contributed by atoms with Crippen LogP contribution in [-0.2, 0) is 11.2 Å². The Labute approximate surface area is 99.4 Å². The molecule has 0 aliphatic rings. The molecule has 0 saturated carbocycles. The van der Waals surface area contributed by atoms with Gasteiger partial charge < -0.3 is 10.8 Å². The standard InChI is InChI=1S/C12H15NO2S/c1-9(16-8-11(13)12(14)15)7-10-5-3-2-4-6-10/h2-6,11H,1,7-8,13H2,(H,14,15). The van der Waals surface area contributed by atoms with Crippen LogP contribution in [0.2, 0.25) is 0 Å². The van der Waals surface area contributed by atoms with Gasteiger partial charge in [-0.2, -0.15) is 0 Å². The van der Waals surface area contributed by atoms with Crippen LogP contribution in [-0.4, -0.2) is 22.9 Å². The summed E-state index contributed by atoms with van der Waals surface area (Å²) in [6.07, 6.45) is 0.748. The molecule has 1 unspecified atom stereocenters. The number of hydrogen-bond donors (Lipinski definition) is 2. The Morgan fingerprint density at radius 1 is 1.44 bits per heavy atom. The molecular weight excluding hydrogens is 222 g/mol. The number of carboxylic acids is 1. The van der Waals surface area contributed by atoms with Crippen molar-refractivity contribution < 1.29 is 9.90 Å². The first kappa shape index (κ1) is 12.8. The van der Waals surface area contributed by atoms with Crippen LogP contribution >= 0.6 is 11.8 Å². The van der Waals surface area contributed by atoms with Crippen molar-refractivity contribution in [2.45, 2.75) is 12.5 Å². The van der Waals surface area contributed by atoms with Gasteiger partial charge in [-0.15, -0.1) is 11.8 Å². The zero-order chi connectivity index (χ0) is 12.0. The fraction of sp³-hybridized carbons (Fsp3) is 0.250. The molecule has 0 spiro atoms. The Kier molecular flexibility index (Phi) is 5.08. The van der Waals surface area contributed by atoms with Gasteiger partial charge in [-0.1, -0.05) is 36.9 Å².